The smallest absolute Gasteiger partial charge is 0.318 e. The monoisotopic (exact) mass is 335 g/mol. The van der Waals surface area contributed by atoms with Crippen LogP contribution in [-0.2, 0) is 14.8 Å². The molecule has 0 saturated heterocycles. The number of anilines is 1. The Kier molecular flexibility index (Phi) is 5.04. The molecular formula is C14H13N3O5S. The lowest BCUT2D eigenvalue weighted by Gasteiger charge is -2.07. The van der Waals surface area contributed by atoms with Crippen molar-refractivity contribution in [3.05, 3.63) is 54.4 Å². The molecule has 1 aromatic heterocycles. The minimum atomic E-state index is -3.90. The molecule has 0 aliphatic carbocycles. The molecule has 8 nitrogen and oxygen atoms in total. The first-order valence-electron chi connectivity index (χ1n) is 6.41. The highest BCUT2D eigenvalue weighted by Gasteiger charge is 2.15. The van der Waals surface area contributed by atoms with E-state index in [4.69, 9.17) is 5.11 Å². The van der Waals surface area contributed by atoms with Crippen molar-refractivity contribution in [1.29, 1.82) is 0 Å². The molecule has 0 aliphatic heterocycles. The average molecular weight is 335 g/mol. The van der Waals surface area contributed by atoms with Gasteiger partial charge in [0.05, 0.1) is 4.90 Å². The van der Waals surface area contributed by atoms with E-state index >= 15 is 0 Å². The molecule has 0 aliphatic rings. The molecule has 0 saturated carbocycles. The highest BCUT2D eigenvalue weighted by Crippen LogP contribution is 2.14. The number of aliphatic carboxylic acids is 1. The summed E-state index contributed by atoms with van der Waals surface area (Å²) in [6.45, 7) is -0.705. The Morgan fingerprint density at radius 1 is 1.04 bits per heavy atom. The number of nitrogens with zero attached hydrogens (tertiary/aromatic N) is 1. The Morgan fingerprint density at radius 3 is 2.22 bits per heavy atom. The average Bonchev–Trinajstić information content (AvgIpc) is 2.54. The normalized spacial score (nSPS) is 11.0. The predicted molar refractivity (Wildman–Crippen MR) is 81.5 cm³/mol. The van der Waals surface area contributed by atoms with Crippen LogP contribution < -0.4 is 10.0 Å². The molecule has 120 valence electrons. The fourth-order valence-corrected chi connectivity index (χ4v) is 2.64. The Labute approximate surface area is 132 Å². The Hall–Kier alpha value is -2.78. The van der Waals surface area contributed by atoms with Crippen LogP contribution in [0.15, 0.2) is 53.7 Å². The zero-order chi connectivity index (χ0) is 16.9. The van der Waals surface area contributed by atoms with Gasteiger partial charge in [0, 0.05) is 23.6 Å². The lowest BCUT2D eigenvalue weighted by atomic mass is 10.2. The lowest BCUT2D eigenvalue weighted by molar-refractivity contribution is -0.135. The molecule has 0 bridgehead atoms. The summed E-state index contributed by atoms with van der Waals surface area (Å²) in [6.07, 6.45) is 2.97. The van der Waals surface area contributed by atoms with Crippen molar-refractivity contribution in [2.24, 2.45) is 0 Å². The van der Waals surface area contributed by atoms with Crippen LogP contribution in [-0.4, -0.2) is 36.9 Å². The van der Waals surface area contributed by atoms with Gasteiger partial charge in [0.2, 0.25) is 10.0 Å². The Balaban J connectivity index is 2.08. The number of aromatic nitrogens is 1. The number of benzene rings is 1. The van der Waals surface area contributed by atoms with Gasteiger partial charge in [-0.15, -0.1) is 0 Å². The molecular weight excluding hydrogens is 322 g/mol. The second-order valence-electron chi connectivity index (χ2n) is 4.43. The van der Waals surface area contributed by atoms with Gasteiger partial charge in [-0.2, -0.15) is 4.72 Å². The van der Waals surface area contributed by atoms with E-state index < -0.39 is 22.5 Å². The third kappa shape index (κ3) is 4.59. The highest BCUT2D eigenvalue weighted by molar-refractivity contribution is 7.89. The van der Waals surface area contributed by atoms with Gasteiger partial charge in [0.25, 0.3) is 5.91 Å². The molecule has 1 heterocycles. The van der Waals surface area contributed by atoms with Crippen LogP contribution in [0.25, 0.3) is 0 Å². The first-order valence-corrected chi connectivity index (χ1v) is 7.90. The van der Waals surface area contributed by atoms with Gasteiger partial charge < -0.3 is 10.4 Å². The maximum absolute atomic E-state index is 11.9. The van der Waals surface area contributed by atoms with Crippen LogP contribution in [0.2, 0.25) is 0 Å². The number of sulfonamides is 1. The zero-order valence-corrected chi connectivity index (χ0v) is 12.6. The molecule has 3 N–H and O–H groups in total. The van der Waals surface area contributed by atoms with Gasteiger partial charge in [-0.05, 0) is 36.4 Å². The van der Waals surface area contributed by atoms with E-state index in [2.05, 4.69) is 10.3 Å². The quantitative estimate of drug-likeness (QED) is 0.713. The molecule has 1 amide bonds. The lowest BCUT2D eigenvalue weighted by Crippen LogP contribution is -2.29. The summed E-state index contributed by atoms with van der Waals surface area (Å²) in [5, 5.41) is 11.1. The molecule has 9 heteroatoms. The van der Waals surface area contributed by atoms with Crippen molar-refractivity contribution in [3.8, 4) is 0 Å². The van der Waals surface area contributed by atoms with Crippen LogP contribution in [0, 0.1) is 0 Å². The standard InChI is InChI=1S/C14H13N3O5S/c18-13(19)9-16-23(21,22)12-3-1-11(2-4-12)17-14(20)10-5-7-15-8-6-10/h1-8,16H,9H2,(H,17,20)(H,18,19). The van der Waals surface area contributed by atoms with Gasteiger partial charge in [-0.3, -0.25) is 14.6 Å². The van der Waals surface area contributed by atoms with Crippen molar-refractivity contribution in [1.82, 2.24) is 9.71 Å². The van der Waals surface area contributed by atoms with Gasteiger partial charge >= 0.3 is 5.97 Å². The van der Waals surface area contributed by atoms with Crippen molar-refractivity contribution in [3.63, 3.8) is 0 Å². The van der Waals surface area contributed by atoms with E-state index in [1.807, 2.05) is 4.72 Å². The number of pyridine rings is 1. The van der Waals surface area contributed by atoms with Crippen LogP contribution in [0.4, 0.5) is 5.69 Å². The van der Waals surface area contributed by atoms with Gasteiger partial charge in [0.1, 0.15) is 6.54 Å². The molecule has 0 atom stereocenters. The number of hydrogen-bond acceptors (Lipinski definition) is 5. The molecule has 0 radical (unpaired) electrons. The molecule has 0 spiro atoms. The molecule has 0 unspecified atom stereocenters. The van der Waals surface area contributed by atoms with Gasteiger partial charge in [0.15, 0.2) is 0 Å². The fraction of sp³-hybridized carbons (Fsp3) is 0.0714. The first-order chi connectivity index (χ1) is 10.9. The summed E-state index contributed by atoms with van der Waals surface area (Å²) in [6, 6.07) is 8.45. The number of amides is 1. The summed E-state index contributed by atoms with van der Waals surface area (Å²) in [5.74, 6) is -1.64. The molecule has 2 aromatic rings. The van der Waals surface area contributed by atoms with E-state index in [0.717, 1.165) is 0 Å². The predicted octanol–water partition coefficient (Wildman–Crippen LogP) is 0.697. The van der Waals surface area contributed by atoms with E-state index in [9.17, 15) is 18.0 Å². The Morgan fingerprint density at radius 2 is 1.65 bits per heavy atom. The number of carbonyl (C=O) groups is 2. The van der Waals surface area contributed by atoms with Gasteiger partial charge in [-0.1, -0.05) is 0 Å². The van der Waals surface area contributed by atoms with E-state index in [1.165, 1.54) is 36.7 Å². The maximum atomic E-state index is 11.9. The molecule has 1 aromatic carbocycles. The zero-order valence-electron chi connectivity index (χ0n) is 11.8. The van der Waals surface area contributed by atoms with Crippen molar-refractivity contribution >= 4 is 27.6 Å². The minimum absolute atomic E-state index is 0.0966. The number of nitrogens with one attached hydrogen (secondary N) is 2. The third-order valence-corrected chi connectivity index (χ3v) is 4.20. The highest BCUT2D eigenvalue weighted by atomic mass is 32.2. The van der Waals surface area contributed by atoms with E-state index in [0.29, 0.717) is 11.3 Å². The number of carboxylic acid groups (broad SMARTS) is 1. The maximum Gasteiger partial charge on any atom is 0.318 e. The number of carboxylic acids is 1. The third-order valence-electron chi connectivity index (χ3n) is 2.78. The summed E-state index contributed by atoms with van der Waals surface area (Å²) < 4.78 is 25.6. The van der Waals surface area contributed by atoms with Crippen LogP contribution >= 0.6 is 0 Å². The van der Waals surface area contributed by atoms with Crippen LogP contribution in [0.3, 0.4) is 0 Å². The summed E-state index contributed by atoms with van der Waals surface area (Å²) in [4.78, 5) is 26.1. The first kappa shape index (κ1) is 16.6. The number of carbonyl (C=O) groups excluding carboxylic acids is 1. The molecule has 23 heavy (non-hydrogen) atoms. The van der Waals surface area contributed by atoms with E-state index in [-0.39, 0.29) is 10.8 Å². The topological polar surface area (TPSA) is 125 Å². The number of hydrogen-bond donors (Lipinski definition) is 3. The van der Waals surface area contributed by atoms with Gasteiger partial charge in [-0.25, -0.2) is 8.42 Å². The fourth-order valence-electron chi connectivity index (χ4n) is 1.66. The van der Waals surface area contributed by atoms with Crippen molar-refractivity contribution < 1.29 is 23.1 Å². The second kappa shape index (κ2) is 6.99. The van der Waals surface area contributed by atoms with Crippen molar-refractivity contribution in [2.75, 3.05) is 11.9 Å². The molecule has 2 rings (SSSR count). The SMILES string of the molecule is O=C(O)CNS(=O)(=O)c1ccc(NC(=O)c2ccncc2)cc1. The Bertz CT molecular complexity index is 804. The number of rotatable bonds is 6. The second-order valence-corrected chi connectivity index (χ2v) is 6.20. The van der Waals surface area contributed by atoms with Crippen LogP contribution in [0.5, 0.6) is 0 Å². The summed E-state index contributed by atoms with van der Waals surface area (Å²) in [5.41, 5.74) is 0.823. The van der Waals surface area contributed by atoms with E-state index in [1.54, 1.807) is 12.1 Å². The van der Waals surface area contributed by atoms with Crippen molar-refractivity contribution in [2.45, 2.75) is 4.90 Å². The molecule has 0 fully saturated rings. The van der Waals surface area contributed by atoms with Crippen LogP contribution in [0.1, 0.15) is 10.4 Å². The summed E-state index contributed by atoms with van der Waals surface area (Å²) in [7, 11) is -3.90. The summed E-state index contributed by atoms with van der Waals surface area (Å²) >= 11 is 0. The minimum Gasteiger partial charge on any atom is -0.480 e. The largest absolute Gasteiger partial charge is 0.480 e.